The van der Waals surface area contributed by atoms with E-state index in [4.69, 9.17) is 11.6 Å². The summed E-state index contributed by atoms with van der Waals surface area (Å²) < 4.78 is 0. The van der Waals surface area contributed by atoms with Crippen LogP contribution >= 0.6 is 11.6 Å². The molecule has 0 spiro atoms. The topological polar surface area (TPSA) is 24.9 Å². The van der Waals surface area contributed by atoms with E-state index in [-0.39, 0.29) is 0 Å². The standard InChI is InChI=1S/C16H17ClN2/c1-11-15(7-8-16(17)18-11)19-14-9-13(10-14)12-5-3-2-4-6-12/h2-8,13-14,19H,9-10H2,1H3. The van der Waals surface area contributed by atoms with E-state index < -0.39 is 0 Å². The highest BCUT2D eigenvalue weighted by atomic mass is 35.5. The molecule has 1 aliphatic rings. The molecule has 2 nitrogen and oxygen atoms in total. The molecule has 1 aromatic heterocycles. The van der Waals surface area contributed by atoms with Gasteiger partial charge in [-0.15, -0.1) is 0 Å². The summed E-state index contributed by atoms with van der Waals surface area (Å²) in [6, 6.07) is 15.1. The molecular formula is C16H17ClN2. The van der Waals surface area contributed by atoms with E-state index in [0.717, 1.165) is 11.4 Å². The van der Waals surface area contributed by atoms with Gasteiger partial charge in [-0.25, -0.2) is 4.98 Å². The molecule has 0 radical (unpaired) electrons. The van der Waals surface area contributed by atoms with Crippen LogP contribution in [0.4, 0.5) is 5.69 Å². The van der Waals surface area contributed by atoms with Crippen LogP contribution in [-0.4, -0.2) is 11.0 Å². The average molecular weight is 273 g/mol. The molecule has 1 aliphatic carbocycles. The van der Waals surface area contributed by atoms with Crippen LogP contribution in [0.25, 0.3) is 0 Å². The SMILES string of the molecule is Cc1nc(Cl)ccc1NC1CC(c2ccccc2)C1. The minimum absolute atomic E-state index is 0.548. The van der Waals surface area contributed by atoms with Crippen LogP contribution in [0.15, 0.2) is 42.5 Å². The molecular weight excluding hydrogens is 256 g/mol. The van der Waals surface area contributed by atoms with Crippen molar-refractivity contribution in [3.8, 4) is 0 Å². The van der Waals surface area contributed by atoms with E-state index in [9.17, 15) is 0 Å². The summed E-state index contributed by atoms with van der Waals surface area (Å²) in [5.74, 6) is 0.694. The number of anilines is 1. The first-order chi connectivity index (χ1) is 9.22. The van der Waals surface area contributed by atoms with Crippen LogP contribution in [0.1, 0.15) is 30.0 Å². The Morgan fingerprint density at radius 3 is 2.53 bits per heavy atom. The number of pyridine rings is 1. The molecule has 3 rings (SSSR count). The van der Waals surface area contributed by atoms with Crippen molar-refractivity contribution in [1.82, 2.24) is 4.98 Å². The van der Waals surface area contributed by atoms with E-state index in [2.05, 4.69) is 40.6 Å². The van der Waals surface area contributed by atoms with Crippen LogP contribution in [0.5, 0.6) is 0 Å². The van der Waals surface area contributed by atoms with E-state index >= 15 is 0 Å². The molecule has 1 saturated carbocycles. The first-order valence-corrected chi connectivity index (χ1v) is 7.05. The first kappa shape index (κ1) is 12.5. The molecule has 0 saturated heterocycles. The third-order valence-corrected chi connectivity index (χ3v) is 4.03. The summed E-state index contributed by atoms with van der Waals surface area (Å²) in [5, 5.41) is 4.11. The lowest BCUT2D eigenvalue weighted by Gasteiger charge is -2.37. The monoisotopic (exact) mass is 272 g/mol. The second-order valence-corrected chi connectivity index (χ2v) is 5.57. The second-order valence-electron chi connectivity index (χ2n) is 5.19. The zero-order valence-electron chi connectivity index (χ0n) is 10.9. The lowest BCUT2D eigenvalue weighted by molar-refractivity contribution is 0.374. The van der Waals surface area contributed by atoms with E-state index in [1.807, 2.05) is 19.1 Å². The number of rotatable bonds is 3. The van der Waals surface area contributed by atoms with Gasteiger partial charge in [0, 0.05) is 6.04 Å². The Balaban J connectivity index is 1.60. The number of halogens is 1. The highest BCUT2D eigenvalue weighted by molar-refractivity contribution is 6.29. The van der Waals surface area contributed by atoms with Crippen LogP contribution < -0.4 is 5.32 Å². The maximum atomic E-state index is 5.87. The van der Waals surface area contributed by atoms with Crippen molar-refractivity contribution in [2.45, 2.75) is 31.7 Å². The van der Waals surface area contributed by atoms with Gasteiger partial charge in [0.15, 0.2) is 0 Å². The molecule has 19 heavy (non-hydrogen) atoms. The Hall–Kier alpha value is -1.54. The summed E-state index contributed by atoms with van der Waals surface area (Å²) in [6.45, 7) is 1.99. The van der Waals surface area contributed by atoms with Gasteiger partial charge in [-0.05, 0) is 43.4 Å². The number of aromatic nitrogens is 1. The molecule has 1 fully saturated rings. The van der Waals surface area contributed by atoms with Crippen molar-refractivity contribution in [3.05, 3.63) is 58.9 Å². The quantitative estimate of drug-likeness (QED) is 0.838. The second kappa shape index (κ2) is 5.22. The molecule has 0 bridgehead atoms. The van der Waals surface area contributed by atoms with Crippen molar-refractivity contribution < 1.29 is 0 Å². The third kappa shape index (κ3) is 2.74. The summed E-state index contributed by atoms with van der Waals surface area (Å²) >= 11 is 5.87. The normalized spacial score (nSPS) is 21.8. The van der Waals surface area contributed by atoms with Gasteiger partial charge in [-0.2, -0.15) is 0 Å². The fourth-order valence-electron chi connectivity index (χ4n) is 2.64. The van der Waals surface area contributed by atoms with E-state index in [1.165, 1.54) is 18.4 Å². The van der Waals surface area contributed by atoms with Crippen molar-refractivity contribution >= 4 is 17.3 Å². The smallest absolute Gasteiger partial charge is 0.129 e. The predicted octanol–water partition coefficient (Wildman–Crippen LogP) is 4.40. The Morgan fingerprint density at radius 2 is 1.84 bits per heavy atom. The summed E-state index contributed by atoms with van der Waals surface area (Å²) in [7, 11) is 0. The lowest BCUT2D eigenvalue weighted by Crippen LogP contribution is -2.34. The highest BCUT2D eigenvalue weighted by Gasteiger charge is 2.30. The first-order valence-electron chi connectivity index (χ1n) is 6.67. The highest BCUT2D eigenvalue weighted by Crippen LogP contribution is 2.38. The van der Waals surface area contributed by atoms with Crippen LogP contribution in [-0.2, 0) is 0 Å². The van der Waals surface area contributed by atoms with Crippen LogP contribution in [0.3, 0.4) is 0 Å². The maximum Gasteiger partial charge on any atom is 0.129 e. The van der Waals surface area contributed by atoms with Crippen molar-refractivity contribution in [1.29, 1.82) is 0 Å². The minimum atomic E-state index is 0.548. The Labute approximate surface area is 118 Å². The van der Waals surface area contributed by atoms with Gasteiger partial charge in [0.1, 0.15) is 5.15 Å². The van der Waals surface area contributed by atoms with Crippen molar-refractivity contribution in [2.75, 3.05) is 5.32 Å². The Kier molecular flexibility index (Phi) is 3.43. The zero-order valence-corrected chi connectivity index (χ0v) is 11.7. The Morgan fingerprint density at radius 1 is 1.11 bits per heavy atom. The number of nitrogens with one attached hydrogen (secondary N) is 1. The number of hydrogen-bond donors (Lipinski definition) is 1. The van der Waals surface area contributed by atoms with Gasteiger partial charge in [-0.3, -0.25) is 0 Å². The fraction of sp³-hybridized carbons (Fsp3) is 0.312. The van der Waals surface area contributed by atoms with Gasteiger partial charge < -0.3 is 5.32 Å². The molecule has 0 atom stereocenters. The average Bonchev–Trinajstić information content (AvgIpc) is 2.36. The Bertz CT molecular complexity index is 562. The summed E-state index contributed by atoms with van der Waals surface area (Å²) in [5.41, 5.74) is 3.52. The summed E-state index contributed by atoms with van der Waals surface area (Å²) in [4.78, 5) is 4.27. The zero-order chi connectivity index (χ0) is 13.2. The largest absolute Gasteiger partial charge is 0.381 e. The predicted molar refractivity (Wildman–Crippen MR) is 79.8 cm³/mol. The van der Waals surface area contributed by atoms with Crippen LogP contribution in [0, 0.1) is 6.92 Å². The van der Waals surface area contributed by atoms with Crippen molar-refractivity contribution in [3.63, 3.8) is 0 Å². The van der Waals surface area contributed by atoms with Gasteiger partial charge >= 0.3 is 0 Å². The van der Waals surface area contributed by atoms with Gasteiger partial charge in [-0.1, -0.05) is 41.9 Å². The number of aryl methyl sites for hydroxylation is 1. The minimum Gasteiger partial charge on any atom is -0.381 e. The number of benzene rings is 1. The molecule has 0 amide bonds. The lowest BCUT2D eigenvalue weighted by atomic mass is 9.76. The number of nitrogens with zero attached hydrogens (tertiary/aromatic N) is 1. The molecule has 0 unspecified atom stereocenters. The molecule has 3 heteroatoms. The molecule has 1 heterocycles. The third-order valence-electron chi connectivity index (χ3n) is 3.82. The van der Waals surface area contributed by atoms with Gasteiger partial charge in [0.05, 0.1) is 11.4 Å². The molecule has 2 aromatic rings. The van der Waals surface area contributed by atoms with Gasteiger partial charge in [0.25, 0.3) is 0 Å². The van der Waals surface area contributed by atoms with Crippen LogP contribution in [0.2, 0.25) is 5.15 Å². The molecule has 98 valence electrons. The van der Waals surface area contributed by atoms with Gasteiger partial charge in [0.2, 0.25) is 0 Å². The number of hydrogen-bond acceptors (Lipinski definition) is 2. The molecule has 1 aromatic carbocycles. The molecule has 1 N–H and O–H groups in total. The van der Waals surface area contributed by atoms with E-state index in [1.54, 1.807) is 0 Å². The maximum absolute atomic E-state index is 5.87. The fourth-order valence-corrected chi connectivity index (χ4v) is 2.83. The molecule has 0 aliphatic heterocycles. The van der Waals surface area contributed by atoms with Crippen molar-refractivity contribution in [2.24, 2.45) is 0 Å². The summed E-state index contributed by atoms with van der Waals surface area (Å²) in [6.07, 6.45) is 2.37. The van der Waals surface area contributed by atoms with E-state index in [0.29, 0.717) is 17.1 Å².